The highest BCUT2D eigenvalue weighted by Gasteiger charge is 2.13. The van der Waals surface area contributed by atoms with Crippen molar-refractivity contribution in [2.75, 3.05) is 44.5 Å². The summed E-state index contributed by atoms with van der Waals surface area (Å²) in [4.78, 5) is 4.60. The zero-order valence-electron chi connectivity index (χ0n) is 19.7. The minimum Gasteiger partial charge on any atom is -0.497 e. The van der Waals surface area contributed by atoms with Gasteiger partial charge in [-0.15, -0.1) is 0 Å². The summed E-state index contributed by atoms with van der Waals surface area (Å²) in [7, 11) is -1.87. The highest BCUT2D eigenvalue weighted by atomic mass is 32.2. The number of benzene rings is 3. The number of methoxy groups -OCH3 is 1. The molecule has 8 nitrogen and oxygen atoms in total. The third-order valence-corrected chi connectivity index (χ3v) is 7.06. The number of hydrogen-bond donors (Lipinski definition) is 3. The van der Waals surface area contributed by atoms with Crippen LogP contribution in [0, 0.1) is 0 Å². The fourth-order valence-corrected chi connectivity index (χ4v) is 4.71. The molecule has 0 bridgehead atoms. The molecule has 3 aromatic rings. The van der Waals surface area contributed by atoms with Gasteiger partial charge in [-0.25, -0.2) is 8.42 Å². The van der Waals surface area contributed by atoms with E-state index in [9.17, 15) is 8.42 Å². The SMILES string of the molecule is COc1ccc(S(=O)(=O)CNCCOc2ccc(Cc3ccc(NC4=NCCN4)cc3)cc2)cc1. The second-order valence-electron chi connectivity index (χ2n) is 8.08. The summed E-state index contributed by atoms with van der Waals surface area (Å²) >= 11 is 0. The maximum atomic E-state index is 12.4. The summed E-state index contributed by atoms with van der Waals surface area (Å²) in [5.74, 6) is 2.04. The van der Waals surface area contributed by atoms with Gasteiger partial charge in [-0.1, -0.05) is 24.3 Å². The lowest BCUT2D eigenvalue weighted by Crippen LogP contribution is -2.27. The minimum absolute atomic E-state index is 0.152. The number of sulfone groups is 1. The van der Waals surface area contributed by atoms with Crippen molar-refractivity contribution in [2.24, 2.45) is 4.99 Å². The van der Waals surface area contributed by atoms with Gasteiger partial charge in [0.05, 0.1) is 18.6 Å². The Hall–Kier alpha value is -3.56. The van der Waals surface area contributed by atoms with Crippen LogP contribution >= 0.6 is 0 Å². The van der Waals surface area contributed by atoms with Crippen LogP contribution in [0.2, 0.25) is 0 Å². The highest BCUT2D eigenvalue weighted by Crippen LogP contribution is 2.18. The molecule has 1 aliphatic heterocycles. The van der Waals surface area contributed by atoms with E-state index in [0.717, 1.165) is 36.9 Å². The molecule has 3 aromatic carbocycles. The molecule has 184 valence electrons. The number of hydrogen-bond acceptors (Lipinski definition) is 8. The van der Waals surface area contributed by atoms with Gasteiger partial charge in [0, 0.05) is 18.8 Å². The van der Waals surface area contributed by atoms with E-state index in [-0.39, 0.29) is 10.8 Å². The summed E-state index contributed by atoms with van der Waals surface area (Å²) in [5.41, 5.74) is 3.41. The molecular formula is C26H30N4O4S. The highest BCUT2D eigenvalue weighted by molar-refractivity contribution is 7.91. The second kappa shape index (κ2) is 11.7. The monoisotopic (exact) mass is 494 g/mol. The molecule has 0 saturated carbocycles. The van der Waals surface area contributed by atoms with Crippen LogP contribution in [-0.2, 0) is 16.3 Å². The molecule has 1 heterocycles. The number of nitrogens with zero attached hydrogens (tertiary/aromatic N) is 1. The smallest absolute Gasteiger partial charge is 0.195 e. The second-order valence-corrected chi connectivity index (χ2v) is 10.1. The molecule has 1 aliphatic rings. The lowest BCUT2D eigenvalue weighted by molar-refractivity contribution is 0.317. The molecule has 3 N–H and O–H groups in total. The number of anilines is 1. The predicted octanol–water partition coefficient (Wildman–Crippen LogP) is 3.06. The molecule has 0 unspecified atom stereocenters. The molecule has 0 fully saturated rings. The summed E-state index contributed by atoms with van der Waals surface area (Å²) in [5, 5.41) is 9.40. The Kier molecular flexibility index (Phi) is 8.23. The Morgan fingerprint density at radius 1 is 0.914 bits per heavy atom. The lowest BCUT2D eigenvalue weighted by atomic mass is 10.0. The molecule has 0 spiro atoms. The van der Waals surface area contributed by atoms with Crippen LogP contribution in [0.25, 0.3) is 0 Å². The molecule has 35 heavy (non-hydrogen) atoms. The Morgan fingerprint density at radius 3 is 2.20 bits per heavy atom. The number of rotatable bonds is 11. The first-order chi connectivity index (χ1) is 17.0. The third kappa shape index (κ3) is 7.21. The average molecular weight is 495 g/mol. The number of ether oxygens (including phenoxy) is 2. The molecule has 0 radical (unpaired) electrons. The van der Waals surface area contributed by atoms with Crippen LogP contribution in [-0.4, -0.2) is 53.6 Å². The van der Waals surface area contributed by atoms with Gasteiger partial charge in [-0.2, -0.15) is 0 Å². The normalized spacial score (nSPS) is 13.1. The van der Waals surface area contributed by atoms with E-state index in [1.807, 2.05) is 24.3 Å². The van der Waals surface area contributed by atoms with Crippen molar-refractivity contribution in [3.8, 4) is 11.5 Å². The van der Waals surface area contributed by atoms with Crippen molar-refractivity contribution in [3.63, 3.8) is 0 Å². The van der Waals surface area contributed by atoms with E-state index in [2.05, 4.69) is 45.2 Å². The molecule has 0 amide bonds. The van der Waals surface area contributed by atoms with Crippen molar-refractivity contribution < 1.29 is 17.9 Å². The van der Waals surface area contributed by atoms with E-state index in [4.69, 9.17) is 9.47 Å². The lowest BCUT2D eigenvalue weighted by Gasteiger charge is -2.10. The quantitative estimate of drug-likeness (QED) is 0.352. The number of guanidine groups is 1. The van der Waals surface area contributed by atoms with Crippen molar-refractivity contribution in [1.82, 2.24) is 10.6 Å². The van der Waals surface area contributed by atoms with Gasteiger partial charge in [0.1, 0.15) is 24.0 Å². The van der Waals surface area contributed by atoms with Crippen LogP contribution in [0.15, 0.2) is 82.7 Å². The number of nitrogens with one attached hydrogen (secondary N) is 3. The van der Waals surface area contributed by atoms with Gasteiger partial charge < -0.3 is 20.1 Å². The first-order valence-electron chi connectivity index (χ1n) is 11.5. The molecule has 9 heteroatoms. The van der Waals surface area contributed by atoms with Crippen LogP contribution in [0.4, 0.5) is 5.69 Å². The summed E-state index contributed by atoms with van der Waals surface area (Å²) in [6.07, 6.45) is 0.824. The van der Waals surface area contributed by atoms with Crippen LogP contribution in [0.3, 0.4) is 0 Å². The Balaban J connectivity index is 1.18. The van der Waals surface area contributed by atoms with Crippen molar-refractivity contribution in [1.29, 1.82) is 0 Å². The summed E-state index contributed by atoms with van der Waals surface area (Å²) in [6.45, 7) is 2.47. The van der Waals surface area contributed by atoms with Crippen LogP contribution in [0.5, 0.6) is 11.5 Å². The zero-order chi connectivity index (χ0) is 24.5. The van der Waals surface area contributed by atoms with Crippen LogP contribution < -0.4 is 25.4 Å². The Labute approximate surface area is 206 Å². The fourth-order valence-electron chi connectivity index (χ4n) is 3.58. The van der Waals surface area contributed by atoms with E-state index < -0.39 is 9.84 Å². The minimum atomic E-state index is -3.41. The molecular weight excluding hydrogens is 464 g/mol. The number of aliphatic imine (C=N–C) groups is 1. The molecule has 4 rings (SSSR count). The molecule has 0 atom stereocenters. The van der Waals surface area contributed by atoms with Crippen molar-refractivity contribution >= 4 is 21.5 Å². The maximum Gasteiger partial charge on any atom is 0.195 e. The molecule has 0 aromatic heterocycles. The predicted molar refractivity (Wildman–Crippen MR) is 138 cm³/mol. The zero-order valence-corrected chi connectivity index (χ0v) is 20.5. The first kappa shape index (κ1) is 24.6. The van der Waals surface area contributed by atoms with Gasteiger partial charge in [0.25, 0.3) is 0 Å². The van der Waals surface area contributed by atoms with Crippen LogP contribution in [0.1, 0.15) is 11.1 Å². The largest absolute Gasteiger partial charge is 0.497 e. The van der Waals surface area contributed by atoms with Gasteiger partial charge in [-0.3, -0.25) is 10.3 Å². The van der Waals surface area contributed by atoms with Gasteiger partial charge in [0.15, 0.2) is 15.8 Å². The average Bonchev–Trinajstić information content (AvgIpc) is 3.39. The van der Waals surface area contributed by atoms with Crippen molar-refractivity contribution in [2.45, 2.75) is 11.3 Å². The van der Waals surface area contributed by atoms with E-state index >= 15 is 0 Å². The van der Waals surface area contributed by atoms with E-state index in [1.54, 1.807) is 31.4 Å². The molecule has 0 aliphatic carbocycles. The Morgan fingerprint density at radius 2 is 1.57 bits per heavy atom. The first-order valence-corrected chi connectivity index (χ1v) is 13.1. The van der Waals surface area contributed by atoms with E-state index in [1.165, 1.54) is 11.1 Å². The van der Waals surface area contributed by atoms with Gasteiger partial charge in [0.2, 0.25) is 0 Å². The van der Waals surface area contributed by atoms with Crippen molar-refractivity contribution in [3.05, 3.63) is 83.9 Å². The third-order valence-electron chi connectivity index (χ3n) is 5.48. The summed E-state index contributed by atoms with van der Waals surface area (Å²) < 4.78 is 35.6. The van der Waals surface area contributed by atoms with Gasteiger partial charge in [-0.05, 0) is 66.1 Å². The Bertz CT molecular complexity index is 1230. The standard InChI is InChI=1S/C26H30N4O4S/c1-33-23-10-12-25(13-11-23)35(31,32)19-27-16-17-34-24-8-4-21(5-9-24)18-20-2-6-22(7-3-20)30-26-28-14-15-29-26/h2-13,27H,14-19H2,1H3,(H2,28,29,30). The molecule has 0 saturated heterocycles. The maximum absolute atomic E-state index is 12.4. The van der Waals surface area contributed by atoms with E-state index in [0.29, 0.717) is 18.9 Å². The topological polar surface area (TPSA) is 101 Å². The van der Waals surface area contributed by atoms with Gasteiger partial charge >= 0.3 is 0 Å². The fraction of sp³-hybridized carbons (Fsp3) is 0.269. The summed E-state index contributed by atoms with van der Waals surface area (Å²) in [6, 6.07) is 22.6.